The molecule has 21 heavy (non-hydrogen) atoms. The molecule has 1 aliphatic rings. The van der Waals surface area contributed by atoms with Crippen LogP contribution in [0.5, 0.6) is 0 Å². The van der Waals surface area contributed by atoms with E-state index < -0.39 is 0 Å². The molecule has 1 fully saturated rings. The van der Waals surface area contributed by atoms with E-state index in [9.17, 15) is 4.79 Å². The Balaban J connectivity index is 1.76. The molecule has 0 bridgehead atoms. The van der Waals surface area contributed by atoms with Gasteiger partial charge in [-0.1, -0.05) is 12.1 Å². The van der Waals surface area contributed by atoms with Crippen molar-refractivity contribution in [2.75, 3.05) is 36.2 Å². The lowest BCUT2D eigenvalue weighted by Crippen LogP contribution is -2.27. The van der Waals surface area contributed by atoms with Crippen LogP contribution < -0.4 is 4.90 Å². The highest BCUT2D eigenvalue weighted by Gasteiger charge is 2.17. The molecule has 4 heteroatoms. The number of anilines is 1. The molecule has 0 saturated carbocycles. The van der Waals surface area contributed by atoms with Gasteiger partial charge < -0.3 is 9.80 Å². The van der Waals surface area contributed by atoms with Crippen LogP contribution in [0.1, 0.15) is 32.3 Å². The Labute approximate surface area is 132 Å². The summed E-state index contributed by atoms with van der Waals surface area (Å²) in [6.45, 7) is 7.37. The Kier molecular flexibility index (Phi) is 6.43. The number of amides is 1. The molecule has 1 amide bonds. The highest BCUT2D eigenvalue weighted by atomic mass is 32.2. The lowest BCUT2D eigenvalue weighted by Gasteiger charge is -2.21. The zero-order valence-electron chi connectivity index (χ0n) is 13.2. The molecule has 0 unspecified atom stereocenters. The molecule has 1 aromatic carbocycles. The van der Waals surface area contributed by atoms with E-state index in [2.05, 4.69) is 43.0 Å². The second kappa shape index (κ2) is 8.32. The zero-order chi connectivity index (χ0) is 15.1. The molecule has 0 spiro atoms. The number of hydrogen-bond donors (Lipinski definition) is 0. The molecule has 1 heterocycles. The molecular formula is C17H26N2OS. The molecule has 0 aliphatic carbocycles. The van der Waals surface area contributed by atoms with Crippen molar-refractivity contribution in [1.29, 1.82) is 0 Å². The second-order valence-corrected chi connectivity index (χ2v) is 6.46. The van der Waals surface area contributed by atoms with Crippen LogP contribution >= 0.6 is 11.8 Å². The Hall–Kier alpha value is -1.16. The van der Waals surface area contributed by atoms with Crippen molar-refractivity contribution in [2.45, 2.75) is 33.1 Å². The van der Waals surface area contributed by atoms with Crippen LogP contribution in [0.25, 0.3) is 0 Å². The lowest BCUT2D eigenvalue weighted by molar-refractivity contribution is -0.129. The van der Waals surface area contributed by atoms with Crippen molar-refractivity contribution in [3.8, 4) is 0 Å². The predicted molar refractivity (Wildman–Crippen MR) is 92.0 cm³/mol. The van der Waals surface area contributed by atoms with E-state index >= 15 is 0 Å². The van der Waals surface area contributed by atoms with Gasteiger partial charge in [-0.25, -0.2) is 0 Å². The topological polar surface area (TPSA) is 23.6 Å². The van der Waals surface area contributed by atoms with E-state index in [4.69, 9.17) is 0 Å². The Bertz CT molecular complexity index is 437. The molecule has 1 aliphatic heterocycles. The van der Waals surface area contributed by atoms with Crippen LogP contribution in [0.4, 0.5) is 5.69 Å². The number of carbonyl (C=O) groups is 1. The molecule has 116 valence electrons. The van der Waals surface area contributed by atoms with Crippen LogP contribution in [-0.2, 0) is 11.2 Å². The number of hydrogen-bond acceptors (Lipinski definition) is 3. The van der Waals surface area contributed by atoms with Gasteiger partial charge >= 0.3 is 0 Å². The normalized spacial score (nSPS) is 14.5. The van der Waals surface area contributed by atoms with Crippen molar-refractivity contribution >= 4 is 23.4 Å². The van der Waals surface area contributed by atoms with Crippen LogP contribution in [0.3, 0.4) is 0 Å². The van der Waals surface area contributed by atoms with Crippen LogP contribution in [0, 0.1) is 0 Å². The van der Waals surface area contributed by atoms with Gasteiger partial charge in [0.1, 0.15) is 0 Å². The molecular weight excluding hydrogens is 280 g/mol. The summed E-state index contributed by atoms with van der Waals surface area (Å²) in [4.78, 5) is 16.3. The van der Waals surface area contributed by atoms with Gasteiger partial charge in [-0.15, -0.1) is 11.8 Å². The molecule has 1 saturated heterocycles. The summed E-state index contributed by atoms with van der Waals surface area (Å²) in [7, 11) is 0. The maximum atomic E-state index is 12.0. The molecule has 3 nitrogen and oxygen atoms in total. The monoisotopic (exact) mass is 306 g/mol. The minimum atomic E-state index is 0.319. The fraction of sp³-hybridized carbons (Fsp3) is 0.588. The van der Waals surface area contributed by atoms with Crippen LogP contribution in [0.2, 0.25) is 0 Å². The van der Waals surface area contributed by atoms with Crippen LogP contribution in [-0.4, -0.2) is 42.1 Å². The number of thioether (sulfide) groups is 1. The van der Waals surface area contributed by atoms with E-state index in [0.717, 1.165) is 44.1 Å². The van der Waals surface area contributed by atoms with E-state index in [1.54, 1.807) is 0 Å². The first-order valence-corrected chi connectivity index (χ1v) is 9.09. The highest BCUT2D eigenvalue weighted by Crippen LogP contribution is 2.18. The van der Waals surface area contributed by atoms with Crippen molar-refractivity contribution in [2.24, 2.45) is 0 Å². The summed E-state index contributed by atoms with van der Waals surface area (Å²) in [5.41, 5.74) is 2.61. The van der Waals surface area contributed by atoms with Crippen molar-refractivity contribution < 1.29 is 4.79 Å². The number of aryl methyl sites for hydroxylation is 1. The Morgan fingerprint density at radius 1 is 1.24 bits per heavy atom. The zero-order valence-corrected chi connectivity index (χ0v) is 14.0. The number of nitrogens with zero attached hydrogens (tertiary/aromatic N) is 2. The molecule has 1 aromatic rings. The van der Waals surface area contributed by atoms with Crippen molar-refractivity contribution in [1.82, 2.24) is 4.90 Å². The Morgan fingerprint density at radius 3 is 2.52 bits per heavy atom. The Morgan fingerprint density at radius 2 is 1.95 bits per heavy atom. The average Bonchev–Trinajstić information content (AvgIpc) is 3.04. The first-order valence-electron chi connectivity index (χ1n) is 7.94. The average molecular weight is 306 g/mol. The second-order valence-electron chi connectivity index (χ2n) is 5.39. The van der Waals surface area contributed by atoms with Gasteiger partial charge in [0, 0.05) is 37.5 Å². The minimum Gasteiger partial charge on any atom is -0.372 e. The summed E-state index contributed by atoms with van der Waals surface area (Å²) in [5, 5.41) is 0. The van der Waals surface area contributed by atoms with Gasteiger partial charge in [-0.2, -0.15) is 0 Å². The first kappa shape index (κ1) is 16.2. The van der Waals surface area contributed by atoms with E-state index in [-0.39, 0.29) is 0 Å². The van der Waals surface area contributed by atoms with E-state index in [1.165, 1.54) is 11.3 Å². The molecule has 0 atom stereocenters. The first-order chi connectivity index (χ1) is 10.2. The summed E-state index contributed by atoms with van der Waals surface area (Å²) in [6.07, 6.45) is 2.62. The number of rotatable bonds is 7. The molecule has 0 N–H and O–H groups in total. The predicted octanol–water partition coefficient (Wildman–Crippen LogP) is 3.39. The van der Waals surface area contributed by atoms with E-state index in [0.29, 0.717) is 12.3 Å². The van der Waals surface area contributed by atoms with Crippen molar-refractivity contribution in [3.63, 3.8) is 0 Å². The quantitative estimate of drug-likeness (QED) is 0.771. The minimum absolute atomic E-state index is 0.319. The summed E-state index contributed by atoms with van der Waals surface area (Å²) in [5.74, 6) is 2.30. The maximum Gasteiger partial charge on any atom is 0.223 e. The molecule has 0 aromatic heterocycles. The highest BCUT2D eigenvalue weighted by molar-refractivity contribution is 7.99. The SMILES string of the molecule is CCN(CC)c1ccc(CCCC(=O)N2CCSC2)cc1. The maximum absolute atomic E-state index is 12.0. The standard InChI is InChI=1S/C17H26N2OS/c1-3-18(4-2)16-10-8-15(9-11-16)6-5-7-17(20)19-12-13-21-14-19/h8-11H,3-7,12-14H2,1-2H3. The number of benzene rings is 1. The fourth-order valence-corrected chi connectivity index (χ4v) is 3.65. The molecule has 2 rings (SSSR count). The number of carbonyl (C=O) groups excluding carboxylic acids is 1. The third-order valence-corrected chi connectivity index (χ3v) is 4.99. The fourth-order valence-electron chi connectivity index (χ4n) is 2.67. The lowest BCUT2D eigenvalue weighted by atomic mass is 10.1. The summed E-state index contributed by atoms with van der Waals surface area (Å²) in [6, 6.07) is 8.79. The van der Waals surface area contributed by atoms with Crippen molar-refractivity contribution in [3.05, 3.63) is 29.8 Å². The van der Waals surface area contributed by atoms with Gasteiger partial charge in [0.2, 0.25) is 5.91 Å². The third-order valence-electron chi connectivity index (χ3n) is 4.03. The molecule has 0 radical (unpaired) electrons. The van der Waals surface area contributed by atoms with Gasteiger partial charge in [0.15, 0.2) is 0 Å². The summed E-state index contributed by atoms with van der Waals surface area (Å²) >= 11 is 1.85. The van der Waals surface area contributed by atoms with E-state index in [1.807, 2.05) is 16.7 Å². The smallest absolute Gasteiger partial charge is 0.223 e. The van der Waals surface area contributed by atoms with Crippen LogP contribution in [0.15, 0.2) is 24.3 Å². The largest absolute Gasteiger partial charge is 0.372 e. The summed E-state index contributed by atoms with van der Waals surface area (Å²) < 4.78 is 0. The van der Waals surface area contributed by atoms with Gasteiger partial charge in [0.05, 0.1) is 5.88 Å². The third kappa shape index (κ3) is 4.67. The van der Waals surface area contributed by atoms with Gasteiger partial charge in [0.25, 0.3) is 0 Å². The van der Waals surface area contributed by atoms with Gasteiger partial charge in [-0.05, 0) is 44.4 Å². The van der Waals surface area contributed by atoms with Gasteiger partial charge in [-0.3, -0.25) is 4.79 Å².